The van der Waals surface area contributed by atoms with Crippen molar-refractivity contribution in [3.63, 3.8) is 0 Å². The number of carbonyl (C=O) groups excluding carboxylic acids is 1. The van der Waals surface area contributed by atoms with Crippen LogP contribution in [0.2, 0.25) is 5.02 Å². The highest BCUT2D eigenvalue weighted by Gasteiger charge is 2.28. The Morgan fingerprint density at radius 3 is 2.83 bits per heavy atom. The number of halogens is 1. The molecule has 1 amide bonds. The number of aliphatic carboxylic acids is 1. The minimum absolute atomic E-state index is 0.0349. The number of hydrogen-bond donors (Lipinski definition) is 1. The number of nitrogens with zero attached hydrogens (tertiary/aromatic N) is 1. The lowest BCUT2D eigenvalue weighted by Crippen LogP contribution is -2.35. The average Bonchev–Trinajstić information content (AvgIpc) is 2.28. The Kier molecular flexibility index (Phi) is 3.57. The van der Waals surface area contributed by atoms with Gasteiger partial charge in [-0.25, -0.2) is 0 Å². The lowest BCUT2D eigenvalue weighted by atomic mass is 9.87. The van der Waals surface area contributed by atoms with Gasteiger partial charge in [0.25, 0.3) is 0 Å². The van der Waals surface area contributed by atoms with Gasteiger partial charge in [0.05, 0.1) is 6.42 Å². The van der Waals surface area contributed by atoms with Crippen LogP contribution in [0.25, 0.3) is 0 Å². The number of carboxylic acids is 1. The van der Waals surface area contributed by atoms with E-state index in [0.717, 1.165) is 11.3 Å². The molecule has 0 saturated heterocycles. The van der Waals surface area contributed by atoms with Gasteiger partial charge in [-0.2, -0.15) is 0 Å². The Bertz CT molecular complexity index is 501. The number of amides is 1. The SMILES string of the molecule is CC(=O)N1CCC(CC(=O)O)c2cc(Cl)ccc21. The van der Waals surface area contributed by atoms with Gasteiger partial charge in [-0.1, -0.05) is 11.6 Å². The second-order valence-electron chi connectivity index (χ2n) is 4.46. The minimum atomic E-state index is -0.831. The molecule has 1 atom stereocenters. The van der Waals surface area contributed by atoms with Gasteiger partial charge in [-0.05, 0) is 36.1 Å². The Hall–Kier alpha value is -1.55. The predicted octanol–water partition coefficient (Wildman–Crippen LogP) is 2.65. The Balaban J connectivity index is 2.42. The minimum Gasteiger partial charge on any atom is -0.481 e. The van der Waals surface area contributed by atoms with E-state index in [4.69, 9.17) is 16.7 Å². The maximum Gasteiger partial charge on any atom is 0.303 e. The largest absolute Gasteiger partial charge is 0.481 e. The molecule has 0 radical (unpaired) electrons. The molecule has 1 aliphatic rings. The van der Waals surface area contributed by atoms with E-state index in [-0.39, 0.29) is 18.2 Å². The van der Waals surface area contributed by atoms with Crippen molar-refractivity contribution in [2.75, 3.05) is 11.4 Å². The molecule has 0 bridgehead atoms. The summed E-state index contributed by atoms with van der Waals surface area (Å²) in [5.41, 5.74) is 1.63. The van der Waals surface area contributed by atoms with Crippen molar-refractivity contribution in [1.29, 1.82) is 0 Å². The number of benzene rings is 1. The third kappa shape index (κ3) is 2.48. The van der Waals surface area contributed by atoms with Crippen LogP contribution in [0, 0.1) is 0 Å². The summed E-state index contributed by atoms with van der Waals surface area (Å²) < 4.78 is 0. The van der Waals surface area contributed by atoms with Gasteiger partial charge in [-0.15, -0.1) is 0 Å². The molecule has 0 spiro atoms. The van der Waals surface area contributed by atoms with Gasteiger partial charge in [-0.3, -0.25) is 9.59 Å². The molecule has 18 heavy (non-hydrogen) atoms. The number of rotatable bonds is 2. The average molecular weight is 268 g/mol. The summed E-state index contributed by atoms with van der Waals surface area (Å²) in [5.74, 6) is -0.943. The lowest BCUT2D eigenvalue weighted by Gasteiger charge is -2.33. The fourth-order valence-electron chi connectivity index (χ4n) is 2.41. The Morgan fingerprint density at radius 2 is 2.22 bits per heavy atom. The monoisotopic (exact) mass is 267 g/mol. The molecule has 1 aromatic carbocycles. The number of anilines is 1. The first-order chi connectivity index (χ1) is 8.49. The molecule has 0 fully saturated rings. The van der Waals surface area contributed by atoms with Crippen LogP contribution in [0.5, 0.6) is 0 Å². The summed E-state index contributed by atoms with van der Waals surface area (Å²) >= 11 is 5.95. The van der Waals surface area contributed by atoms with E-state index in [2.05, 4.69) is 0 Å². The number of fused-ring (bicyclic) bond motifs is 1. The maximum absolute atomic E-state index is 11.6. The summed E-state index contributed by atoms with van der Waals surface area (Å²) in [6.45, 7) is 2.07. The molecule has 1 heterocycles. The van der Waals surface area contributed by atoms with E-state index in [1.54, 1.807) is 23.1 Å². The molecule has 2 rings (SSSR count). The topological polar surface area (TPSA) is 57.6 Å². The second-order valence-corrected chi connectivity index (χ2v) is 4.89. The highest BCUT2D eigenvalue weighted by atomic mass is 35.5. The van der Waals surface area contributed by atoms with Crippen molar-refractivity contribution < 1.29 is 14.7 Å². The van der Waals surface area contributed by atoms with Crippen LogP contribution < -0.4 is 4.90 Å². The molecule has 1 aliphatic heterocycles. The predicted molar refractivity (Wildman–Crippen MR) is 69.1 cm³/mol. The van der Waals surface area contributed by atoms with Crippen molar-refractivity contribution in [2.24, 2.45) is 0 Å². The van der Waals surface area contributed by atoms with E-state index in [0.29, 0.717) is 18.0 Å². The molecule has 0 aromatic heterocycles. The summed E-state index contributed by atoms with van der Waals surface area (Å²) in [6, 6.07) is 5.27. The van der Waals surface area contributed by atoms with Crippen LogP contribution in [0.3, 0.4) is 0 Å². The van der Waals surface area contributed by atoms with Gasteiger partial charge in [0.15, 0.2) is 0 Å². The smallest absolute Gasteiger partial charge is 0.303 e. The van der Waals surface area contributed by atoms with Crippen molar-refractivity contribution in [3.8, 4) is 0 Å². The normalized spacial score (nSPS) is 18.3. The molecule has 4 nitrogen and oxygen atoms in total. The molecular formula is C13H14ClNO3. The molecule has 0 saturated carbocycles. The molecule has 1 aromatic rings. The van der Waals surface area contributed by atoms with Crippen LogP contribution >= 0.6 is 11.6 Å². The third-order valence-electron chi connectivity index (χ3n) is 3.22. The first-order valence-corrected chi connectivity index (χ1v) is 6.16. The third-order valence-corrected chi connectivity index (χ3v) is 3.46. The molecule has 1 unspecified atom stereocenters. The molecule has 0 aliphatic carbocycles. The first kappa shape index (κ1) is 12.9. The number of carboxylic acid groups (broad SMARTS) is 1. The van der Waals surface area contributed by atoms with E-state index in [9.17, 15) is 9.59 Å². The van der Waals surface area contributed by atoms with Crippen molar-refractivity contribution in [3.05, 3.63) is 28.8 Å². The summed E-state index contributed by atoms with van der Waals surface area (Å²) in [6.07, 6.45) is 0.721. The summed E-state index contributed by atoms with van der Waals surface area (Å²) in [4.78, 5) is 24.1. The first-order valence-electron chi connectivity index (χ1n) is 5.78. The highest BCUT2D eigenvalue weighted by Crippen LogP contribution is 2.38. The van der Waals surface area contributed by atoms with E-state index in [1.165, 1.54) is 6.92 Å². The van der Waals surface area contributed by atoms with Gasteiger partial charge < -0.3 is 10.0 Å². The number of carbonyl (C=O) groups is 2. The maximum atomic E-state index is 11.6. The summed E-state index contributed by atoms with van der Waals surface area (Å²) in [5, 5.41) is 9.49. The molecule has 5 heteroatoms. The van der Waals surface area contributed by atoms with Crippen LogP contribution in [-0.2, 0) is 9.59 Å². The Labute approximate surface area is 110 Å². The highest BCUT2D eigenvalue weighted by molar-refractivity contribution is 6.30. The fraction of sp³-hybridized carbons (Fsp3) is 0.385. The lowest BCUT2D eigenvalue weighted by molar-refractivity contribution is -0.137. The number of hydrogen-bond acceptors (Lipinski definition) is 2. The van der Waals surface area contributed by atoms with E-state index < -0.39 is 5.97 Å². The van der Waals surface area contributed by atoms with Crippen molar-refractivity contribution in [2.45, 2.75) is 25.7 Å². The standard InChI is InChI=1S/C13H14ClNO3/c1-8(16)15-5-4-9(6-13(17)18)11-7-10(14)2-3-12(11)15/h2-3,7,9H,4-6H2,1H3,(H,17,18). The molecule has 1 N–H and O–H groups in total. The molecular weight excluding hydrogens is 254 g/mol. The van der Waals surface area contributed by atoms with E-state index in [1.807, 2.05) is 0 Å². The van der Waals surface area contributed by atoms with Crippen molar-refractivity contribution in [1.82, 2.24) is 0 Å². The second kappa shape index (κ2) is 4.98. The van der Waals surface area contributed by atoms with Gasteiger partial charge in [0.2, 0.25) is 5.91 Å². The van der Waals surface area contributed by atoms with Crippen LogP contribution in [0.1, 0.15) is 31.2 Å². The Morgan fingerprint density at radius 1 is 1.50 bits per heavy atom. The van der Waals surface area contributed by atoms with Crippen LogP contribution in [-0.4, -0.2) is 23.5 Å². The fourth-order valence-corrected chi connectivity index (χ4v) is 2.59. The zero-order chi connectivity index (χ0) is 13.3. The zero-order valence-electron chi connectivity index (χ0n) is 10.0. The quantitative estimate of drug-likeness (QED) is 0.896. The zero-order valence-corrected chi connectivity index (χ0v) is 10.8. The molecule has 96 valence electrons. The van der Waals surface area contributed by atoms with Gasteiger partial charge in [0.1, 0.15) is 0 Å². The van der Waals surface area contributed by atoms with Crippen LogP contribution in [0.15, 0.2) is 18.2 Å². The van der Waals surface area contributed by atoms with Crippen LogP contribution in [0.4, 0.5) is 5.69 Å². The van der Waals surface area contributed by atoms with Gasteiger partial charge >= 0.3 is 5.97 Å². The van der Waals surface area contributed by atoms with E-state index >= 15 is 0 Å². The van der Waals surface area contributed by atoms with Gasteiger partial charge in [0, 0.05) is 24.2 Å². The van der Waals surface area contributed by atoms with Crippen molar-refractivity contribution >= 4 is 29.2 Å². The summed E-state index contributed by atoms with van der Waals surface area (Å²) in [7, 11) is 0.